The molecule has 5 aromatic carbocycles. The molecule has 0 aliphatic heterocycles. The van der Waals surface area contributed by atoms with E-state index in [4.69, 9.17) is 18.8 Å². The maximum atomic E-state index is 6.13. The van der Waals surface area contributed by atoms with Gasteiger partial charge in [-0.3, -0.25) is 0 Å². The lowest BCUT2D eigenvalue weighted by atomic mass is 10.1. The monoisotopic (exact) mass is 555 g/mol. The number of oxazole rings is 2. The molecule has 9 rings (SSSR count). The Bertz CT molecular complexity index is 2260. The van der Waals surface area contributed by atoms with Crippen molar-refractivity contribution in [3.63, 3.8) is 0 Å². The van der Waals surface area contributed by atoms with E-state index in [-0.39, 0.29) is 0 Å². The fourth-order valence-electron chi connectivity index (χ4n) is 5.77. The number of hydrogen-bond donors (Lipinski definition) is 0. The molecule has 43 heavy (non-hydrogen) atoms. The van der Waals surface area contributed by atoms with E-state index in [1.807, 2.05) is 54.6 Å². The summed E-state index contributed by atoms with van der Waals surface area (Å²) in [7, 11) is 0. The fourth-order valence-corrected chi connectivity index (χ4v) is 5.77. The van der Waals surface area contributed by atoms with Gasteiger partial charge in [-0.2, -0.15) is 0 Å². The topological polar surface area (TPSA) is 82.8 Å². The molecule has 0 saturated carbocycles. The summed E-state index contributed by atoms with van der Waals surface area (Å²) in [6, 6.07) is 38.5. The number of benzene rings is 5. The second-order valence-corrected chi connectivity index (χ2v) is 10.4. The molecular weight excluding hydrogens is 534 g/mol. The molecule has 0 fully saturated rings. The van der Waals surface area contributed by atoms with Crippen LogP contribution < -0.4 is 0 Å². The van der Waals surface area contributed by atoms with E-state index in [1.54, 1.807) is 12.4 Å². The minimum Gasteiger partial charge on any atom is -0.436 e. The van der Waals surface area contributed by atoms with Crippen LogP contribution in [-0.4, -0.2) is 24.5 Å². The van der Waals surface area contributed by atoms with Gasteiger partial charge >= 0.3 is 0 Å². The Morgan fingerprint density at radius 3 is 1.53 bits per heavy atom. The van der Waals surface area contributed by atoms with Crippen LogP contribution >= 0.6 is 0 Å². The number of hydrogen-bond acceptors (Lipinski definition) is 6. The predicted molar refractivity (Wildman–Crippen MR) is 168 cm³/mol. The van der Waals surface area contributed by atoms with Gasteiger partial charge in [0.05, 0.1) is 11.0 Å². The van der Waals surface area contributed by atoms with Gasteiger partial charge in [0.1, 0.15) is 11.0 Å². The summed E-state index contributed by atoms with van der Waals surface area (Å²) in [5.41, 5.74) is 9.13. The smallest absolute Gasteiger partial charge is 0.227 e. The molecule has 202 valence electrons. The third-order valence-electron chi connectivity index (χ3n) is 7.80. The van der Waals surface area contributed by atoms with Crippen LogP contribution in [0.2, 0.25) is 0 Å². The molecule has 0 atom stereocenters. The van der Waals surface area contributed by atoms with E-state index < -0.39 is 0 Å². The Hall–Kier alpha value is -6.08. The van der Waals surface area contributed by atoms with Crippen LogP contribution in [0.25, 0.3) is 84.0 Å². The summed E-state index contributed by atoms with van der Waals surface area (Å²) in [4.78, 5) is 18.3. The highest BCUT2D eigenvalue weighted by atomic mass is 16.4. The molecular formula is C36H21N5O2. The summed E-state index contributed by atoms with van der Waals surface area (Å²) in [5.74, 6) is 1.87. The van der Waals surface area contributed by atoms with Gasteiger partial charge < -0.3 is 13.4 Å². The first-order chi connectivity index (χ1) is 21.3. The van der Waals surface area contributed by atoms with Crippen molar-refractivity contribution in [1.29, 1.82) is 0 Å². The van der Waals surface area contributed by atoms with E-state index in [0.29, 0.717) is 17.6 Å². The molecule has 0 saturated heterocycles. The average Bonchev–Trinajstić information content (AvgIpc) is 3.78. The molecule has 0 aliphatic carbocycles. The number of para-hydroxylation sites is 4. The second-order valence-electron chi connectivity index (χ2n) is 10.4. The maximum absolute atomic E-state index is 6.13. The SMILES string of the molecule is c1cnc(-c2ccc(-n3c4ccc(-c5nc6ccccc6o5)cc4c4cc(-c5nc6ccccc6o5)ccc43)cc2)nc1. The molecule has 7 nitrogen and oxygen atoms in total. The first-order valence-corrected chi connectivity index (χ1v) is 14.0. The van der Waals surface area contributed by atoms with Crippen molar-refractivity contribution in [2.45, 2.75) is 0 Å². The van der Waals surface area contributed by atoms with Gasteiger partial charge in [0.15, 0.2) is 17.0 Å². The minimum atomic E-state index is 0.589. The van der Waals surface area contributed by atoms with Gasteiger partial charge in [-0.15, -0.1) is 0 Å². The Morgan fingerprint density at radius 2 is 1.00 bits per heavy atom. The molecule has 7 heteroatoms. The highest BCUT2D eigenvalue weighted by molar-refractivity contribution is 6.11. The lowest BCUT2D eigenvalue weighted by molar-refractivity contribution is 0.619. The maximum Gasteiger partial charge on any atom is 0.227 e. The third-order valence-corrected chi connectivity index (χ3v) is 7.80. The summed E-state index contributed by atoms with van der Waals surface area (Å²) in [6.07, 6.45) is 3.51. The average molecular weight is 556 g/mol. The van der Waals surface area contributed by atoms with Crippen molar-refractivity contribution >= 4 is 44.0 Å². The highest BCUT2D eigenvalue weighted by Gasteiger charge is 2.18. The van der Waals surface area contributed by atoms with E-state index >= 15 is 0 Å². The lowest BCUT2D eigenvalue weighted by Gasteiger charge is -2.09. The van der Waals surface area contributed by atoms with Crippen LogP contribution in [0.3, 0.4) is 0 Å². The van der Waals surface area contributed by atoms with Gasteiger partial charge in [-0.05, 0) is 91.0 Å². The predicted octanol–water partition coefficient (Wildman–Crippen LogP) is 8.86. The molecule has 0 N–H and O–H groups in total. The van der Waals surface area contributed by atoms with Gasteiger partial charge in [-0.25, -0.2) is 19.9 Å². The molecule has 0 bridgehead atoms. The zero-order valence-corrected chi connectivity index (χ0v) is 22.7. The van der Waals surface area contributed by atoms with E-state index in [9.17, 15) is 0 Å². The van der Waals surface area contributed by atoms with Gasteiger partial charge in [-0.1, -0.05) is 24.3 Å². The zero-order chi connectivity index (χ0) is 28.3. The van der Waals surface area contributed by atoms with Crippen LogP contribution in [0.1, 0.15) is 0 Å². The standard InChI is InChI=1S/C36H21N5O2/c1-3-8-32-28(6-1)39-35(42-32)23-12-16-30-26(20-23)27-21-24(36-40-29-7-2-4-9-33(29)43-36)13-17-31(27)41(30)25-14-10-22(11-15-25)34-37-18-5-19-38-34/h1-21H. The normalized spacial score (nSPS) is 11.7. The summed E-state index contributed by atoms with van der Waals surface area (Å²) < 4.78 is 14.5. The number of fused-ring (bicyclic) bond motifs is 5. The lowest BCUT2D eigenvalue weighted by Crippen LogP contribution is -1.94. The van der Waals surface area contributed by atoms with E-state index in [2.05, 4.69) is 75.2 Å². The molecule has 0 unspecified atom stereocenters. The number of nitrogens with zero attached hydrogens (tertiary/aromatic N) is 5. The quantitative estimate of drug-likeness (QED) is 0.216. The first kappa shape index (κ1) is 23.6. The van der Waals surface area contributed by atoms with Gasteiger partial charge in [0, 0.05) is 45.5 Å². The van der Waals surface area contributed by atoms with E-state index in [0.717, 1.165) is 66.4 Å². The number of aromatic nitrogens is 5. The first-order valence-electron chi connectivity index (χ1n) is 14.0. The largest absolute Gasteiger partial charge is 0.436 e. The molecule has 4 aromatic heterocycles. The van der Waals surface area contributed by atoms with Crippen molar-refractivity contribution in [3.05, 3.63) is 128 Å². The summed E-state index contributed by atoms with van der Waals surface area (Å²) in [5, 5.41) is 2.14. The zero-order valence-electron chi connectivity index (χ0n) is 22.7. The molecule has 4 heterocycles. The van der Waals surface area contributed by atoms with Crippen LogP contribution in [0.15, 0.2) is 136 Å². The van der Waals surface area contributed by atoms with Crippen LogP contribution in [0, 0.1) is 0 Å². The van der Waals surface area contributed by atoms with E-state index in [1.165, 1.54) is 0 Å². The third kappa shape index (κ3) is 3.83. The van der Waals surface area contributed by atoms with Crippen LogP contribution in [-0.2, 0) is 0 Å². The van der Waals surface area contributed by atoms with Crippen molar-refractivity contribution in [1.82, 2.24) is 24.5 Å². The summed E-state index contributed by atoms with van der Waals surface area (Å²) in [6.45, 7) is 0. The number of rotatable bonds is 4. The fraction of sp³-hybridized carbons (Fsp3) is 0. The molecule has 0 amide bonds. The molecule has 0 aliphatic rings. The minimum absolute atomic E-state index is 0.589. The van der Waals surface area contributed by atoms with Crippen molar-refractivity contribution in [2.24, 2.45) is 0 Å². The molecule has 0 spiro atoms. The van der Waals surface area contributed by atoms with Crippen LogP contribution in [0.5, 0.6) is 0 Å². The van der Waals surface area contributed by atoms with Crippen LogP contribution in [0.4, 0.5) is 0 Å². The molecule has 9 aromatic rings. The Morgan fingerprint density at radius 1 is 0.488 bits per heavy atom. The Kier molecular flexibility index (Phi) is 5.06. The molecule has 0 radical (unpaired) electrons. The van der Waals surface area contributed by atoms with Gasteiger partial charge in [0.25, 0.3) is 0 Å². The Labute approximate surface area is 244 Å². The second kappa shape index (κ2) is 9.22. The van der Waals surface area contributed by atoms with Crippen molar-refractivity contribution in [3.8, 4) is 40.0 Å². The van der Waals surface area contributed by atoms with Crippen molar-refractivity contribution in [2.75, 3.05) is 0 Å². The van der Waals surface area contributed by atoms with Gasteiger partial charge in [0.2, 0.25) is 11.8 Å². The highest BCUT2D eigenvalue weighted by Crippen LogP contribution is 2.38. The van der Waals surface area contributed by atoms with Crippen molar-refractivity contribution < 1.29 is 8.83 Å². The Balaban J connectivity index is 1.25. The summed E-state index contributed by atoms with van der Waals surface area (Å²) >= 11 is 0.